The molecule has 0 heterocycles. The summed E-state index contributed by atoms with van der Waals surface area (Å²) in [6.45, 7) is 4.56. The molecule has 0 unspecified atom stereocenters. The second-order valence-electron chi connectivity index (χ2n) is 3.95. The lowest BCUT2D eigenvalue weighted by atomic mass is 10.1. The Bertz CT molecular complexity index is 399. The molecule has 0 radical (unpaired) electrons. The number of nitrogens with one attached hydrogen (secondary N) is 1. The van der Waals surface area contributed by atoms with Crippen LogP contribution in [-0.2, 0) is 4.74 Å². The van der Waals surface area contributed by atoms with E-state index in [2.05, 4.69) is 28.2 Å². The molecule has 0 saturated carbocycles. The summed E-state index contributed by atoms with van der Waals surface area (Å²) in [5.74, 6) is 0. The van der Waals surface area contributed by atoms with Crippen molar-refractivity contribution in [3.8, 4) is 0 Å². The first-order chi connectivity index (χ1) is 8.65. The molecule has 0 aliphatic carbocycles. The third kappa shape index (κ3) is 5.33. The second kappa shape index (κ2) is 8.45. The molecule has 0 fully saturated rings. The highest BCUT2D eigenvalue weighted by atomic mass is 79.9. The summed E-state index contributed by atoms with van der Waals surface area (Å²) >= 11 is 8.45. The number of rotatable bonds is 8. The molecule has 0 spiro atoms. The highest BCUT2D eigenvalue weighted by molar-refractivity contribution is 9.10. The van der Waals surface area contributed by atoms with Gasteiger partial charge in [0, 0.05) is 35.5 Å². The SMILES string of the molecule is CCCOCCCNc1ccc(Br)cc1C(N)=S. The van der Waals surface area contributed by atoms with Crippen molar-refractivity contribution in [2.45, 2.75) is 19.8 Å². The van der Waals surface area contributed by atoms with Crippen LogP contribution in [0.3, 0.4) is 0 Å². The Labute approximate surface area is 122 Å². The largest absolute Gasteiger partial charge is 0.389 e. The van der Waals surface area contributed by atoms with E-state index in [1.807, 2.05) is 18.2 Å². The molecule has 0 amide bonds. The van der Waals surface area contributed by atoms with E-state index in [-0.39, 0.29) is 0 Å². The summed E-state index contributed by atoms with van der Waals surface area (Å²) in [7, 11) is 0. The quantitative estimate of drug-likeness (QED) is 0.567. The van der Waals surface area contributed by atoms with Gasteiger partial charge >= 0.3 is 0 Å². The van der Waals surface area contributed by atoms with Gasteiger partial charge in [-0.3, -0.25) is 0 Å². The summed E-state index contributed by atoms with van der Waals surface area (Å²) in [4.78, 5) is 0.404. The maximum Gasteiger partial charge on any atom is 0.106 e. The minimum atomic E-state index is 0.404. The number of ether oxygens (including phenoxy) is 1. The Morgan fingerprint density at radius 2 is 2.22 bits per heavy atom. The Hall–Kier alpha value is -0.650. The fraction of sp³-hybridized carbons (Fsp3) is 0.462. The Kier molecular flexibility index (Phi) is 7.23. The van der Waals surface area contributed by atoms with Crippen LogP contribution in [0.4, 0.5) is 5.69 Å². The fourth-order valence-corrected chi connectivity index (χ4v) is 2.05. The van der Waals surface area contributed by atoms with Crippen LogP contribution in [0.1, 0.15) is 25.3 Å². The van der Waals surface area contributed by atoms with Gasteiger partial charge in [-0.25, -0.2) is 0 Å². The third-order valence-corrected chi connectivity index (χ3v) is 3.09. The Morgan fingerprint density at radius 3 is 2.89 bits per heavy atom. The van der Waals surface area contributed by atoms with Crippen molar-refractivity contribution in [1.82, 2.24) is 0 Å². The van der Waals surface area contributed by atoms with Crippen molar-refractivity contribution in [3.63, 3.8) is 0 Å². The van der Waals surface area contributed by atoms with Crippen molar-refractivity contribution < 1.29 is 4.74 Å². The average Bonchev–Trinajstić information content (AvgIpc) is 2.35. The van der Waals surface area contributed by atoms with Crippen LogP contribution in [0.2, 0.25) is 0 Å². The van der Waals surface area contributed by atoms with E-state index in [1.165, 1.54) is 0 Å². The number of halogens is 1. The first kappa shape index (κ1) is 15.4. The lowest BCUT2D eigenvalue weighted by Gasteiger charge is -2.11. The smallest absolute Gasteiger partial charge is 0.106 e. The highest BCUT2D eigenvalue weighted by Crippen LogP contribution is 2.21. The molecular weight excluding hydrogens is 312 g/mol. The van der Waals surface area contributed by atoms with Gasteiger partial charge in [-0.2, -0.15) is 0 Å². The number of hydrogen-bond acceptors (Lipinski definition) is 3. The number of nitrogens with two attached hydrogens (primary N) is 1. The molecule has 1 aromatic carbocycles. The number of anilines is 1. The van der Waals surface area contributed by atoms with Crippen molar-refractivity contribution in [2.75, 3.05) is 25.1 Å². The molecule has 0 aromatic heterocycles. The molecule has 1 rings (SSSR count). The van der Waals surface area contributed by atoms with E-state index >= 15 is 0 Å². The van der Waals surface area contributed by atoms with Crippen LogP contribution in [0.5, 0.6) is 0 Å². The lowest BCUT2D eigenvalue weighted by molar-refractivity contribution is 0.134. The normalized spacial score (nSPS) is 10.3. The molecule has 0 aliphatic heterocycles. The fourth-order valence-electron chi connectivity index (χ4n) is 1.52. The van der Waals surface area contributed by atoms with Gasteiger partial charge in [0.1, 0.15) is 4.99 Å². The first-order valence-corrected chi connectivity index (χ1v) is 7.26. The van der Waals surface area contributed by atoms with E-state index in [4.69, 9.17) is 22.7 Å². The Morgan fingerprint density at radius 1 is 1.44 bits per heavy atom. The molecule has 0 bridgehead atoms. The predicted octanol–water partition coefficient (Wildman–Crippen LogP) is 3.31. The first-order valence-electron chi connectivity index (χ1n) is 6.06. The minimum absolute atomic E-state index is 0.404. The van der Waals surface area contributed by atoms with Gasteiger partial charge in [0.25, 0.3) is 0 Å². The molecular formula is C13H19BrN2OS. The zero-order valence-corrected chi connectivity index (χ0v) is 12.9. The van der Waals surface area contributed by atoms with Gasteiger partial charge in [-0.15, -0.1) is 0 Å². The molecule has 1 aromatic rings. The van der Waals surface area contributed by atoms with Crippen molar-refractivity contribution in [1.29, 1.82) is 0 Å². The van der Waals surface area contributed by atoms with Gasteiger partial charge in [0.05, 0.1) is 0 Å². The zero-order chi connectivity index (χ0) is 13.4. The third-order valence-electron chi connectivity index (χ3n) is 2.38. The zero-order valence-electron chi connectivity index (χ0n) is 10.5. The number of thiocarbonyl (C=S) groups is 1. The van der Waals surface area contributed by atoms with Crippen LogP contribution in [0.25, 0.3) is 0 Å². The molecule has 5 heteroatoms. The summed E-state index contributed by atoms with van der Waals surface area (Å²) in [6.07, 6.45) is 2.03. The Balaban J connectivity index is 2.44. The molecule has 3 nitrogen and oxygen atoms in total. The standard InChI is InChI=1S/C13H19BrN2OS/c1-2-7-17-8-3-6-16-12-5-4-10(14)9-11(12)13(15)18/h4-5,9,16H,2-3,6-8H2,1H3,(H2,15,18). The van der Waals surface area contributed by atoms with Gasteiger partial charge in [0.2, 0.25) is 0 Å². The van der Waals surface area contributed by atoms with Crippen molar-refractivity contribution in [2.24, 2.45) is 5.73 Å². The highest BCUT2D eigenvalue weighted by Gasteiger charge is 2.05. The van der Waals surface area contributed by atoms with Crippen LogP contribution >= 0.6 is 28.1 Å². The maximum absolute atomic E-state index is 5.70. The van der Waals surface area contributed by atoms with E-state index < -0.39 is 0 Å². The maximum atomic E-state index is 5.70. The van der Waals surface area contributed by atoms with Crippen LogP contribution < -0.4 is 11.1 Å². The lowest BCUT2D eigenvalue weighted by Crippen LogP contribution is -2.14. The van der Waals surface area contributed by atoms with Gasteiger partial charge in [-0.1, -0.05) is 35.1 Å². The van der Waals surface area contributed by atoms with E-state index in [0.717, 1.165) is 48.3 Å². The monoisotopic (exact) mass is 330 g/mol. The minimum Gasteiger partial charge on any atom is -0.389 e. The van der Waals surface area contributed by atoms with E-state index in [0.29, 0.717) is 4.99 Å². The second-order valence-corrected chi connectivity index (χ2v) is 5.30. The molecule has 0 aliphatic rings. The average molecular weight is 331 g/mol. The molecule has 3 N–H and O–H groups in total. The van der Waals surface area contributed by atoms with Crippen molar-refractivity contribution in [3.05, 3.63) is 28.2 Å². The van der Waals surface area contributed by atoms with Gasteiger partial charge < -0.3 is 15.8 Å². The summed E-state index contributed by atoms with van der Waals surface area (Å²) in [5.41, 5.74) is 7.54. The van der Waals surface area contributed by atoms with Crippen LogP contribution in [0, 0.1) is 0 Å². The number of benzene rings is 1. The van der Waals surface area contributed by atoms with Crippen molar-refractivity contribution >= 4 is 38.8 Å². The van der Waals surface area contributed by atoms with Crippen LogP contribution in [0.15, 0.2) is 22.7 Å². The summed E-state index contributed by atoms with van der Waals surface area (Å²) < 4.78 is 6.39. The van der Waals surface area contributed by atoms with E-state index in [9.17, 15) is 0 Å². The summed E-state index contributed by atoms with van der Waals surface area (Å²) in [6, 6.07) is 5.88. The topological polar surface area (TPSA) is 47.3 Å². The van der Waals surface area contributed by atoms with Gasteiger partial charge in [-0.05, 0) is 31.0 Å². The molecule has 18 heavy (non-hydrogen) atoms. The van der Waals surface area contributed by atoms with E-state index in [1.54, 1.807) is 0 Å². The molecule has 0 atom stereocenters. The van der Waals surface area contributed by atoms with Crippen LogP contribution in [-0.4, -0.2) is 24.7 Å². The molecule has 0 saturated heterocycles. The predicted molar refractivity (Wildman–Crippen MR) is 84.2 cm³/mol. The number of hydrogen-bond donors (Lipinski definition) is 2. The van der Waals surface area contributed by atoms with Gasteiger partial charge in [0.15, 0.2) is 0 Å². The summed E-state index contributed by atoms with van der Waals surface area (Å²) in [5, 5.41) is 3.33. The molecule has 100 valence electrons.